The summed E-state index contributed by atoms with van der Waals surface area (Å²) < 4.78 is 2.08. The van der Waals surface area contributed by atoms with Crippen LogP contribution in [-0.4, -0.2) is 15.0 Å². The Morgan fingerprint density at radius 1 is 0.875 bits per heavy atom. The van der Waals surface area contributed by atoms with E-state index in [9.17, 15) is 0 Å². The number of aryl methyl sites for hydroxylation is 2. The largest absolute Gasteiger partial charge is 0.287 e. The van der Waals surface area contributed by atoms with Crippen LogP contribution < -0.4 is 4.57 Å². The minimum atomic E-state index is 0.882. The SMILES string of the molecule is Cc1ccccc1-c1c2cccc(-c3ccncn3)c2nc[n+]1C. The Morgan fingerprint density at radius 2 is 1.71 bits per heavy atom. The van der Waals surface area contributed by atoms with Gasteiger partial charge in [-0.2, -0.15) is 0 Å². The van der Waals surface area contributed by atoms with E-state index in [1.54, 1.807) is 12.5 Å². The van der Waals surface area contributed by atoms with Crippen molar-refractivity contribution in [2.24, 2.45) is 7.05 Å². The van der Waals surface area contributed by atoms with Crippen molar-refractivity contribution in [3.05, 3.63) is 72.9 Å². The summed E-state index contributed by atoms with van der Waals surface area (Å²) >= 11 is 0. The molecule has 0 spiro atoms. The average Bonchev–Trinajstić information content (AvgIpc) is 2.63. The molecule has 24 heavy (non-hydrogen) atoms. The number of nitrogens with zero attached hydrogens (tertiary/aromatic N) is 4. The van der Waals surface area contributed by atoms with Crippen LogP contribution >= 0.6 is 0 Å². The molecule has 4 nitrogen and oxygen atoms in total. The van der Waals surface area contributed by atoms with Crippen LogP contribution in [0.1, 0.15) is 5.56 Å². The molecule has 0 aliphatic carbocycles. The van der Waals surface area contributed by atoms with Gasteiger partial charge >= 0.3 is 0 Å². The Hall–Kier alpha value is -3.14. The Kier molecular flexibility index (Phi) is 3.50. The van der Waals surface area contributed by atoms with Crippen LogP contribution in [-0.2, 0) is 7.05 Å². The van der Waals surface area contributed by atoms with Crippen molar-refractivity contribution in [1.82, 2.24) is 15.0 Å². The van der Waals surface area contributed by atoms with Gasteiger partial charge in [-0.05, 0) is 35.7 Å². The van der Waals surface area contributed by atoms with E-state index in [0.717, 1.165) is 27.9 Å². The molecule has 0 radical (unpaired) electrons. The quantitative estimate of drug-likeness (QED) is 0.532. The van der Waals surface area contributed by atoms with Crippen LogP contribution in [0, 0.1) is 6.92 Å². The van der Waals surface area contributed by atoms with Crippen LogP contribution in [0.2, 0.25) is 0 Å². The highest BCUT2D eigenvalue weighted by Gasteiger charge is 2.19. The van der Waals surface area contributed by atoms with Gasteiger partial charge < -0.3 is 0 Å². The van der Waals surface area contributed by atoms with E-state index in [1.807, 2.05) is 19.4 Å². The second kappa shape index (κ2) is 5.81. The van der Waals surface area contributed by atoms with Crippen molar-refractivity contribution in [3.8, 4) is 22.5 Å². The van der Waals surface area contributed by atoms with Crippen LogP contribution in [0.3, 0.4) is 0 Å². The highest BCUT2D eigenvalue weighted by Crippen LogP contribution is 2.31. The predicted molar refractivity (Wildman–Crippen MR) is 94.1 cm³/mol. The average molecular weight is 313 g/mol. The molecule has 4 aromatic rings. The molecule has 0 fully saturated rings. The number of para-hydroxylation sites is 1. The molecule has 2 heterocycles. The van der Waals surface area contributed by atoms with Gasteiger partial charge in [0.2, 0.25) is 0 Å². The fourth-order valence-corrected chi connectivity index (χ4v) is 3.10. The van der Waals surface area contributed by atoms with E-state index in [0.29, 0.717) is 0 Å². The van der Waals surface area contributed by atoms with E-state index in [1.165, 1.54) is 11.1 Å². The summed E-state index contributed by atoms with van der Waals surface area (Å²) in [5.41, 5.74) is 6.47. The molecule has 4 heteroatoms. The van der Waals surface area contributed by atoms with Gasteiger partial charge in [-0.15, -0.1) is 0 Å². The molecule has 2 aromatic heterocycles. The van der Waals surface area contributed by atoms with Gasteiger partial charge in [-0.1, -0.05) is 30.3 Å². The van der Waals surface area contributed by atoms with Crippen LogP contribution in [0.25, 0.3) is 33.4 Å². The van der Waals surface area contributed by atoms with Crippen molar-refractivity contribution < 1.29 is 4.57 Å². The van der Waals surface area contributed by atoms with E-state index in [2.05, 4.69) is 68.9 Å². The summed E-state index contributed by atoms with van der Waals surface area (Å²) in [6, 6.07) is 16.6. The first-order valence-corrected chi connectivity index (χ1v) is 7.85. The van der Waals surface area contributed by atoms with E-state index < -0.39 is 0 Å². The maximum atomic E-state index is 4.68. The lowest BCUT2D eigenvalue weighted by atomic mass is 9.99. The number of aromatic nitrogens is 4. The lowest BCUT2D eigenvalue weighted by Crippen LogP contribution is -2.31. The van der Waals surface area contributed by atoms with Gasteiger partial charge in [0, 0.05) is 11.8 Å². The lowest BCUT2D eigenvalue weighted by molar-refractivity contribution is -0.662. The minimum absolute atomic E-state index is 0.882. The van der Waals surface area contributed by atoms with Crippen LogP contribution in [0.5, 0.6) is 0 Å². The third kappa shape index (κ3) is 2.33. The van der Waals surface area contributed by atoms with Crippen molar-refractivity contribution in [2.75, 3.05) is 0 Å². The monoisotopic (exact) mass is 313 g/mol. The third-order valence-corrected chi connectivity index (χ3v) is 4.26. The summed E-state index contributed by atoms with van der Waals surface area (Å²) in [7, 11) is 2.03. The molecule has 0 amide bonds. The molecule has 0 saturated carbocycles. The summed E-state index contributed by atoms with van der Waals surface area (Å²) in [5, 5.41) is 1.12. The lowest BCUT2D eigenvalue weighted by Gasteiger charge is -2.10. The summed E-state index contributed by atoms with van der Waals surface area (Å²) in [6.07, 6.45) is 5.19. The Labute approximate surface area is 140 Å². The van der Waals surface area contributed by atoms with Gasteiger partial charge in [0.05, 0.1) is 23.7 Å². The predicted octanol–water partition coefficient (Wildman–Crippen LogP) is 3.49. The maximum absolute atomic E-state index is 4.68. The summed E-state index contributed by atoms with van der Waals surface area (Å²) in [5.74, 6) is 0. The molecule has 2 aromatic carbocycles. The summed E-state index contributed by atoms with van der Waals surface area (Å²) in [4.78, 5) is 13.1. The number of hydrogen-bond acceptors (Lipinski definition) is 3. The maximum Gasteiger partial charge on any atom is 0.287 e. The zero-order chi connectivity index (χ0) is 16.5. The highest BCUT2D eigenvalue weighted by molar-refractivity contribution is 5.99. The van der Waals surface area contributed by atoms with E-state index in [4.69, 9.17) is 0 Å². The molecule has 0 saturated heterocycles. The zero-order valence-electron chi connectivity index (χ0n) is 13.6. The van der Waals surface area contributed by atoms with E-state index >= 15 is 0 Å². The fourth-order valence-electron chi connectivity index (χ4n) is 3.10. The molecule has 0 aliphatic heterocycles. The van der Waals surface area contributed by atoms with Crippen molar-refractivity contribution in [1.29, 1.82) is 0 Å². The second-order valence-corrected chi connectivity index (χ2v) is 5.82. The molecule has 0 atom stereocenters. The number of fused-ring (bicyclic) bond motifs is 1. The van der Waals surface area contributed by atoms with Crippen LogP contribution in [0.4, 0.5) is 0 Å². The number of benzene rings is 2. The Bertz CT molecular complexity index is 1030. The first kappa shape index (κ1) is 14.5. The molecule has 0 aliphatic rings. The first-order valence-electron chi connectivity index (χ1n) is 7.85. The molecular weight excluding hydrogens is 296 g/mol. The molecule has 116 valence electrons. The van der Waals surface area contributed by atoms with Gasteiger partial charge in [0.1, 0.15) is 12.0 Å². The normalized spacial score (nSPS) is 10.9. The van der Waals surface area contributed by atoms with E-state index in [-0.39, 0.29) is 0 Å². The third-order valence-electron chi connectivity index (χ3n) is 4.26. The smallest absolute Gasteiger partial charge is 0.245 e. The number of rotatable bonds is 2. The fraction of sp³-hybridized carbons (Fsp3) is 0.100. The zero-order valence-corrected chi connectivity index (χ0v) is 13.6. The first-order chi connectivity index (χ1) is 11.8. The minimum Gasteiger partial charge on any atom is -0.245 e. The van der Waals surface area contributed by atoms with Gasteiger partial charge in [0.15, 0.2) is 5.52 Å². The molecule has 0 unspecified atom stereocenters. The summed E-state index contributed by atoms with van der Waals surface area (Å²) in [6.45, 7) is 2.13. The van der Waals surface area contributed by atoms with Crippen molar-refractivity contribution >= 4 is 10.9 Å². The number of hydrogen-bond donors (Lipinski definition) is 0. The van der Waals surface area contributed by atoms with Crippen molar-refractivity contribution in [3.63, 3.8) is 0 Å². The standard InChI is InChI=1S/C20H17N4/c1-14-6-3-4-7-15(14)20-17-9-5-8-16(18-10-11-21-12-22-18)19(17)23-13-24(20)2/h3-13H,1-2H3/q+1. The van der Waals surface area contributed by atoms with Gasteiger partial charge in [-0.25, -0.2) is 14.5 Å². The molecule has 4 rings (SSSR count). The van der Waals surface area contributed by atoms with Gasteiger partial charge in [-0.3, -0.25) is 0 Å². The highest BCUT2D eigenvalue weighted by atomic mass is 15.0. The van der Waals surface area contributed by atoms with Gasteiger partial charge in [0.25, 0.3) is 6.33 Å². The van der Waals surface area contributed by atoms with Crippen molar-refractivity contribution in [2.45, 2.75) is 6.92 Å². The van der Waals surface area contributed by atoms with Crippen LogP contribution in [0.15, 0.2) is 67.4 Å². The second-order valence-electron chi connectivity index (χ2n) is 5.82. The topological polar surface area (TPSA) is 42.6 Å². The molecule has 0 bridgehead atoms. The Balaban J connectivity index is 2.06. The molecule has 0 N–H and O–H groups in total. The Morgan fingerprint density at radius 3 is 2.50 bits per heavy atom. The molecular formula is C20H17N4+.